The summed E-state index contributed by atoms with van der Waals surface area (Å²) in [5.41, 5.74) is 0.444. The zero-order valence-corrected chi connectivity index (χ0v) is 20.0. The number of aliphatic hydroxyl groups excluding tert-OH is 1. The van der Waals surface area contributed by atoms with Crippen LogP contribution < -0.4 is 10.5 Å². The predicted molar refractivity (Wildman–Crippen MR) is 123 cm³/mol. The number of carbonyl (C=O) groups is 1. The molecule has 0 unspecified atom stereocenters. The van der Waals surface area contributed by atoms with Gasteiger partial charge in [-0.25, -0.2) is 19.5 Å². The van der Waals surface area contributed by atoms with Crippen LogP contribution in [-0.2, 0) is 14.5 Å². The van der Waals surface area contributed by atoms with Crippen molar-refractivity contribution in [1.82, 2.24) is 14.5 Å². The molecule has 188 valence electrons. The van der Waals surface area contributed by atoms with Crippen molar-refractivity contribution in [3.8, 4) is 0 Å². The van der Waals surface area contributed by atoms with Crippen molar-refractivity contribution in [2.45, 2.75) is 37.7 Å². The van der Waals surface area contributed by atoms with Gasteiger partial charge in [0.25, 0.3) is 0 Å². The van der Waals surface area contributed by atoms with E-state index in [1.165, 1.54) is 12.5 Å². The Hall–Kier alpha value is -2.84. The molecule has 1 saturated carbocycles. The Bertz CT molecular complexity index is 1310. The van der Waals surface area contributed by atoms with Crippen molar-refractivity contribution >= 4 is 33.5 Å². The van der Waals surface area contributed by atoms with Gasteiger partial charge in [-0.2, -0.15) is 8.42 Å². The Morgan fingerprint density at radius 2 is 2.23 bits per heavy atom. The standard InChI is InChI=1S/C21H23ClFN5O6S/c1-11(16-2-3-17(22)34-16)28-5-4-12(8-28)19(29)14-7-25-10-26-21(14)27-15-6-13(20(30)18(15)23)9-33-35(24,31)32/h2-5,7-8,10-11,13,15,18,20,30H,6,9H2,1H3,(H2,24,31,32)(H,25,26,27)/t11-,13-,15-,18-,20-/m1/s1. The van der Waals surface area contributed by atoms with E-state index in [0.29, 0.717) is 11.3 Å². The monoisotopic (exact) mass is 527 g/mol. The van der Waals surface area contributed by atoms with Gasteiger partial charge >= 0.3 is 10.3 Å². The van der Waals surface area contributed by atoms with Crippen LogP contribution in [-0.4, -0.2) is 58.8 Å². The van der Waals surface area contributed by atoms with Crippen LogP contribution in [0.2, 0.25) is 5.22 Å². The first kappa shape index (κ1) is 25.3. The number of rotatable bonds is 9. The Kier molecular flexibility index (Phi) is 7.24. The average Bonchev–Trinajstić information content (AvgIpc) is 3.53. The minimum atomic E-state index is -4.23. The van der Waals surface area contributed by atoms with Crippen LogP contribution in [0.3, 0.4) is 0 Å². The molecule has 0 amide bonds. The molecule has 1 fully saturated rings. The highest BCUT2D eigenvalue weighted by atomic mass is 35.5. The maximum absolute atomic E-state index is 14.7. The molecule has 0 bridgehead atoms. The van der Waals surface area contributed by atoms with E-state index >= 15 is 0 Å². The first-order valence-corrected chi connectivity index (χ1v) is 12.4. The van der Waals surface area contributed by atoms with Crippen molar-refractivity contribution in [2.24, 2.45) is 11.1 Å². The molecule has 14 heteroatoms. The molecule has 1 aliphatic carbocycles. The fourth-order valence-corrected chi connectivity index (χ4v) is 4.53. The summed E-state index contributed by atoms with van der Waals surface area (Å²) in [6.45, 7) is 1.41. The largest absolute Gasteiger partial charge is 0.448 e. The highest BCUT2D eigenvalue weighted by Gasteiger charge is 2.44. The second-order valence-electron chi connectivity index (χ2n) is 8.24. The molecule has 0 aliphatic heterocycles. The van der Waals surface area contributed by atoms with E-state index in [1.54, 1.807) is 35.2 Å². The number of carbonyl (C=O) groups excluding carboxylic acids is 1. The number of halogens is 2. The number of hydrogen-bond acceptors (Lipinski definition) is 9. The van der Waals surface area contributed by atoms with E-state index in [0.717, 1.165) is 0 Å². The first-order valence-electron chi connectivity index (χ1n) is 10.6. The van der Waals surface area contributed by atoms with Crippen LogP contribution in [0.1, 0.15) is 41.1 Å². The number of alkyl halides is 1. The molecule has 11 nitrogen and oxygen atoms in total. The summed E-state index contributed by atoms with van der Waals surface area (Å²) < 4.78 is 48.5. The maximum Gasteiger partial charge on any atom is 0.333 e. The minimum absolute atomic E-state index is 0.0229. The van der Waals surface area contributed by atoms with Crippen molar-refractivity contribution in [3.05, 3.63) is 65.2 Å². The van der Waals surface area contributed by atoms with Gasteiger partial charge in [0.05, 0.1) is 30.4 Å². The van der Waals surface area contributed by atoms with Gasteiger partial charge in [-0.15, -0.1) is 0 Å². The van der Waals surface area contributed by atoms with E-state index in [1.807, 2.05) is 6.92 Å². The number of aliphatic hydroxyl groups is 1. The van der Waals surface area contributed by atoms with Crippen LogP contribution in [0.25, 0.3) is 0 Å². The molecule has 35 heavy (non-hydrogen) atoms. The lowest BCUT2D eigenvalue weighted by Gasteiger charge is -2.18. The average molecular weight is 528 g/mol. The molecule has 3 aromatic heterocycles. The van der Waals surface area contributed by atoms with Gasteiger partial charge in [-0.05, 0) is 43.1 Å². The summed E-state index contributed by atoms with van der Waals surface area (Å²) in [6.07, 6.45) is 2.64. The normalized spacial score (nSPS) is 23.3. The molecule has 4 N–H and O–H groups in total. The van der Waals surface area contributed by atoms with Crippen molar-refractivity contribution in [1.29, 1.82) is 0 Å². The van der Waals surface area contributed by atoms with Crippen LogP contribution in [0, 0.1) is 5.92 Å². The van der Waals surface area contributed by atoms with E-state index in [9.17, 15) is 22.7 Å². The zero-order chi connectivity index (χ0) is 25.3. The fraction of sp³-hybridized carbons (Fsp3) is 0.381. The number of anilines is 1. The number of nitrogens with two attached hydrogens (primary N) is 1. The molecule has 1 aliphatic rings. The number of ketones is 1. The Balaban J connectivity index is 1.50. The summed E-state index contributed by atoms with van der Waals surface area (Å²) in [5.74, 6) is -0.534. The summed E-state index contributed by atoms with van der Waals surface area (Å²) in [5, 5.41) is 18.1. The van der Waals surface area contributed by atoms with Crippen LogP contribution >= 0.6 is 11.6 Å². The van der Waals surface area contributed by atoms with E-state index in [2.05, 4.69) is 19.5 Å². The van der Waals surface area contributed by atoms with E-state index in [4.69, 9.17) is 21.2 Å². The molecule has 0 spiro atoms. The molecular formula is C21H23ClFN5O6S. The minimum Gasteiger partial charge on any atom is -0.448 e. The number of nitrogens with zero attached hydrogens (tertiary/aromatic N) is 3. The van der Waals surface area contributed by atoms with Crippen molar-refractivity contribution in [3.63, 3.8) is 0 Å². The molecule has 3 heterocycles. The summed E-state index contributed by atoms with van der Waals surface area (Å²) >= 11 is 5.85. The molecule has 0 aromatic carbocycles. The van der Waals surface area contributed by atoms with Gasteiger partial charge in [-0.1, -0.05) is 0 Å². The topological polar surface area (TPSA) is 163 Å². The van der Waals surface area contributed by atoms with Crippen LogP contribution in [0.4, 0.5) is 10.2 Å². The third-order valence-electron chi connectivity index (χ3n) is 5.91. The highest BCUT2D eigenvalue weighted by Crippen LogP contribution is 2.32. The van der Waals surface area contributed by atoms with Crippen molar-refractivity contribution in [2.75, 3.05) is 11.9 Å². The Morgan fingerprint density at radius 3 is 2.91 bits per heavy atom. The number of aromatic nitrogens is 3. The SMILES string of the molecule is C[C@H](c1ccc(Cl)o1)n1ccc(C(=O)c2cncnc2N[C@@H]2C[C@H](COS(N)(=O)=O)[C@@H](O)[C@@H]2F)c1. The number of hydrogen-bond donors (Lipinski definition) is 3. The lowest BCUT2D eigenvalue weighted by atomic mass is 10.1. The third kappa shape index (κ3) is 5.70. The van der Waals surface area contributed by atoms with Gasteiger partial charge < -0.3 is 19.4 Å². The highest BCUT2D eigenvalue weighted by molar-refractivity contribution is 7.84. The maximum atomic E-state index is 14.7. The van der Waals surface area contributed by atoms with Gasteiger partial charge in [0.2, 0.25) is 0 Å². The third-order valence-corrected chi connectivity index (χ3v) is 6.57. The van der Waals surface area contributed by atoms with Gasteiger partial charge in [0.15, 0.2) is 11.0 Å². The lowest BCUT2D eigenvalue weighted by molar-refractivity contribution is 0.0501. The smallest absolute Gasteiger partial charge is 0.333 e. The quantitative estimate of drug-likeness (QED) is 0.353. The Labute approximate surface area is 205 Å². The van der Waals surface area contributed by atoms with Crippen LogP contribution in [0.15, 0.2) is 47.5 Å². The molecule has 3 aromatic rings. The summed E-state index contributed by atoms with van der Waals surface area (Å²) in [4.78, 5) is 21.2. The fourth-order valence-electron chi connectivity index (χ4n) is 4.01. The van der Waals surface area contributed by atoms with Gasteiger partial charge in [0, 0.05) is 30.1 Å². The summed E-state index contributed by atoms with van der Waals surface area (Å²) in [6, 6.07) is 3.82. The Morgan fingerprint density at radius 1 is 1.46 bits per heavy atom. The molecule has 4 rings (SSSR count). The second kappa shape index (κ2) is 10.0. The van der Waals surface area contributed by atoms with Gasteiger partial charge in [0.1, 0.15) is 24.1 Å². The molecule has 0 saturated heterocycles. The zero-order valence-electron chi connectivity index (χ0n) is 18.4. The first-order chi connectivity index (χ1) is 16.5. The van der Waals surface area contributed by atoms with Crippen LogP contribution in [0.5, 0.6) is 0 Å². The molecule has 0 radical (unpaired) electrons. The van der Waals surface area contributed by atoms with Crippen molar-refractivity contribution < 1.29 is 31.3 Å². The molecular weight excluding hydrogens is 505 g/mol. The molecule has 5 atom stereocenters. The van der Waals surface area contributed by atoms with Gasteiger partial charge in [-0.3, -0.25) is 8.98 Å². The predicted octanol–water partition coefficient (Wildman–Crippen LogP) is 2.08. The lowest BCUT2D eigenvalue weighted by Crippen LogP contribution is -2.33. The van der Waals surface area contributed by atoms with E-state index in [-0.39, 0.29) is 29.1 Å². The number of nitrogens with one attached hydrogen (secondary N) is 1. The second-order valence-corrected chi connectivity index (χ2v) is 9.83. The number of furan rings is 1. The van der Waals surface area contributed by atoms with E-state index < -0.39 is 46.9 Å². The summed E-state index contributed by atoms with van der Waals surface area (Å²) in [7, 11) is -4.23.